The lowest BCUT2D eigenvalue weighted by Gasteiger charge is -2.16. The van der Waals surface area contributed by atoms with Crippen molar-refractivity contribution in [3.8, 4) is 17.4 Å². The fraction of sp³-hybridized carbons (Fsp3) is 0.348. The summed E-state index contributed by atoms with van der Waals surface area (Å²) in [5, 5.41) is 2.25. The second-order valence-corrected chi connectivity index (χ2v) is 8.72. The van der Waals surface area contributed by atoms with Crippen molar-refractivity contribution >= 4 is 40.5 Å². The predicted octanol–water partition coefficient (Wildman–Crippen LogP) is 6.09. The molecule has 1 N–H and O–H groups in total. The number of hydrogen-bond acceptors (Lipinski definition) is 7. The van der Waals surface area contributed by atoms with Gasteiger partial charge in [-0.2, -0.15) is 13.2 Å². The number of benzene rings is 1. The molecule has 0 saturated carbocycles. The van der Waals surface area contributed by atoms with Gasteiger partial charge >= 0.3 is 6.18 Å². The maximum absolute atomic E-state index is 12.8. The molecule has 0 spiro atoms. The van der Waals surface area contributed by atoms with Gasteiger partial charge < -0.3 is 19.7 Å². The van der Waals surface area contributed by atoms with Gasteiger partial charge in [0.15, 0.2) is 11.5 Å². The zero-order valence-electron chi connectivity index (χ0n) is 19.3. The fourth-order valence-corrected chi connectivity index (χ4v) is 4.12. The van der Waals surface area contributed by atoms with Gasteiger partial charge in [-0.15, -0.1) is 0 Å². The minimum Gasteiger partial charge on any atom is -0.493 e. The summed E-state index contributed by atoms with van der Waals surface area (Å²) in [5.41, 5.74) is -0.272. The van der Waals surface area contributed by atoms with Crippen LogP contribution in [0.3, 0.4) is 0 Å². The Morgan fingerprint density at radius 2 is 1.97 bits per heavy atom. The molecule has 1 fully saturated rings. The molecule has 2 aromatic rings. The Morgan fingerprint density at radius 1 is 1.23 bits per heavy atom. The summed E-state index contributed by atoms with van der Waals surface area (Å²) in [7, 11) is 1.43. The number of halogens is 4. The number of aliphatic imine (C=N–C) groups is 1. The van der Waals surface area contributed by atoms with Crippen LogP contribution in [0.15, 0.2) is 40.4 Å². The van der Waals surface area contributed by atoms with Gasteiger partial charge in [0.25, 0.3) is 5.24 Å². The fourth-order valence-electron chi connectivity index (χ4n) is 3.16. The van der Waals surface area contributed by atoms with E-state index in [9.17, 15) is 18.0 Å². The molecule has 1 aliphatic heterocycles. The summed E-state index contributed by atoms with van der Waals surface area (Å²) in [5.74, 6) is 0.838. The van der Waals surface area contributed by atoms with E-state index in [1.165, 1.54) is 7.11 Å². The van der Waals surface area contributed by atoms with E-state index < -0.39 is 11.7 Å². The van der Waals surface area contributed by atoms with Crippen molar-refractivity contribution in [2.75, 3.05) is 33.3 Å². The van der Waals surface area contributed by atoms with Crippen LogP contribution >= 0.6 is 23.4 Å². The number of carbonyl (C=O) groups is 1. The first-order valence-corrected chi connectivity index (χ1v) is 11.9. The Labute approximate surface area is 210 Å². The predicted molar refractivity (Wildman–Crippen MR) is 132 cm³/mol. The molecule has 3 rings (SSSR count). The number of nitrogens with one attached hydrogen (secondary N) is 1. The van der Waals surface area contributed by atoms with Crippen molar-refractivity contribution in [1.29, 1.82) is 0 Å². The third-order valence-corrected chi connectivity index (χ3v) is 6.15. The number of alkyl halides is 3. The number of carbonyl (C=O) groups excluding carboxylic acids is 1. The molecule has 12 heteroatoms. The van der Waals surface area contributed by atoms with Crippen molar-refractivity contribution in [1.82, 2.24) is 15.2 Å². The SMILES string of the molecule is CCN(CC)CCN=C1NC(=O)S/C1=C\c1ccc(Oc2ncc(C(F)(F)F)cc2Cl)c(OC)c1. The lowest BCUT2D eigenvalue weighted by Crippen LogP contribution is -2.27. The summed E-state index contributed by atoms with van der Waals surface area (Å²) in [6, 6.07) is 5.70. The molecular formula is C23H24ClF3N4O3S. The Morgan fingerprint density at radius 3 is 2.60 bits per heavy atom. The van der Waals surface area contributed by atoms with Crippen LogP contribution < -0.4 is 14.8 Å². The number of amides is 1. The lowest BCUT2D eigenvalue weighted by molar-refractivity contribution is -0.137. The van der Waals surface area contributed by atoms with Gasteiger partial charge in [0.05, 0.1) is 24.1 Å². The van der Waals surface area contributed by atoms with E-state index in [-0.39, 0.29) is 21.9 Å². The Balaban J connectivity index is 1.80. The molecule has 7 nitrogen and oxygen atoms in total. The Hall–Kier alpha value is -2.76. The molecule has 0 radical (unpaired) electrons. The zero-order valence-corrected chi connectivity index (χ0v) is 20.9. The number of likely N-dealkylation sites (N-methyl/N-ethyl adjacent to an activating group) is 1. The molecule has 0 atom stereocenters. The van der Waals surface area contributed by atoms with E-state index in [0.29, 0.717) is 34.8 Å². The number of methoxy groups -OCH3 is 1. The summed E-state index contributed by atoms with van der Waals surface area (Å²) in [6.07, 6.45) is -2.13. The first-order chi connectivity index (χ1) is 16.6. The van der Waals surface area contributed by atoms with Gasteiger partial charge in [0, 0.05) is 12.7 Å². The third kappa shape index (κ3) is 7.12. The van der Waals surface area contributed by atoms with Crippen LogP contribution in [-0.4, -0.2) is 54.2 Å². The van der Waals surface area contributed by atoms with Crippen LogP contribution in [0.25, 0.3) is 6.08 Å². The highest BCUT2D eigenvalue weighted by atomic mass is 35.5. The van der Waals surface area contributed by atoms with Gasteiger partial charge in [0.2, 0.25) is 5.88 Å². The van der Waals surface area contributed by atoms with E-state index in [2.05, 4.69) is 34.0 Å². The van der Waals surface area contributed by atoms with Gasteiger partial charge in [-0.25, -0.2) is 4.98 Å². The van der Waals surface area contributed by atoms with Crippen LogP contribution in [0.5, 0.6) is 17.4 Å². The van der Waals surface area contributed by atoms with Gasteiger partial charge in [-0.3, -0.25) is 9.79 Å². The molecule has 35 heavy (non-hydrogen) atoms. The zero-order chi connectivity index (χ0) is 25.6. The molecule has 0 unspecified atom stereocenters. The second kappa shape index (κ2) is 11.8. The van der Waals surface area contributed by atoms with Crippen LogP contribution in [0, 0.1) is 0 Å². The number of thioether (sulfide) groups is 1. The van der Waals surface area contributed by atoms with Gasteiger partial charge in [0.1, 0.15) is 10.9 Å². The number of aromatic nitrogens is 1. The minimum atomic E-state index is -4.57. The second-order valence-electron chi connectivity index (χ2n) is 7.30. The van der Waals surface area contributed by atoms with E-state index in [0.717, 1.165) is 37.5 Å². The van der Waals surface area contributed by atoms with Gasteiger partial charge in [-0.05, 0) is 54.7 Å². The van der Waals surface area contributed by atoms with Crippen molar-refractivity contribution in [2.45, 2.75) is 20.0 Å². The van der Waals surface area contributed by atoms with E-state index in [1.807, 2.05) is 0 Å². The average Bonchev–Trinajstić information content (AvgIpc) is 3.16. The number of rotatable bonds is 9. The van der Waals surface area contributed by atoms with E-state index >= 15 is 0 Å². The first kappa shape index (κ1) is 26.8. The molecule has 1 aromatic heterocycles. The molecule has 1 saturated heterocycles. The Bertz CT molecular complexity index is 1140. The minimum absolute atomic E-state index is 0.187. The van der Waals surface area contributed by atoms with E-state index in [1.54, 1.807) is 24.3 Å². The molecule has 1 aliphatic rings. The van der Waals surface area contributed by atoms with Crippen molar-refractivity contribution in [3.63, 3.8) is 0 Å². The highest BCUT2D eigenvalue weighted by molar-refractivity contribution is 8.18. The monoisotopic (exact) mass is 528 g/mol. The third-order valence-electron chi connectivity index (χ3n) is 5.06. The highest BCUT2D eigenvalue weighted by Gasteiger charge is 2.32. The molecule has 1 amide bonds. The normalized spacial score (nSPS) is 16.3. The summed E-state index contributed by atoms with van der Waals surface area (Å²) in [6.45, 7) is 7.34. The molecule has 1 aromatic carbocycles. The average molecular weight is 529 g/mol. The number of hydrogen-bond donors (Lipinski definition) is 1. The Kier molecular flexibility index (Phi) is 9.03. The van der Waals surface area contributed by atoms with Crippen LogP contribution in [0.1, 0.15) is 25.0 Å². The standard InChI is InChI=1S/C23H24ClF3N4O3S/c1-4-31(5-2)9-8-28-20-19(35-22(32)30-20)11-14-6-7-17(18(10-14)33-3)34-21-16(24)12-15(13-29-21)23(25,26)27/h6-7,10-13H,4-5,8-9H2,1-3H3,(H,28,30,32)/b19-11-. The summed E-state index contributed by atoms with van der Waals surface area (Å²) in [4.78, 5) is 23.1. The molecule has 0 bridgehead atoms. The van der Waals surface area contributed by atoms with Crippen LogP contribution in [0.4, 0.5) is 18.0 Å². The van der Waals surface area contributed by atoms with Crippen molar-refractivity contribution in [2.24, 2.45) is 4.99 Å². The maximum Gasteiger partial charge on any atom is 0.417 e. The quantitative estimate of drug-likeness (QED) is 0.424. The molecule has 188 valence electrons. The number of ether oxygens (including phenoxy) is 2. The first-order valence-electron chi connectivity index (χ1n) is 10.7. The van der Waals surface area contributed by atoms with Crippen molar-refractivity contribution < 1.29 is 27.4 Å². The van der Waals surface area contributed by atoms with Crippen LogP contribution in [0.2, 0.25) is 5.02 Å². The summed E-state index contributed by atoms with van der Waals surface area (Å²) >= 11 is 6.98. The number of amidine groups is 1. The number of pyridine rings is 1. The maximum atomic E-state index is 12.8. The number of nitrogens with zero attached hydrogens (tertiary/aromatic N) is 3. The van der Waals surface area contributed by atoms with Gasteiger partial charge in [-0.1, -0.05) is 31.5 Å². The summed E-state index contributed by atoms with van der Waals surface area (Å²) < 4.78 is 49.5. The molecular weight excluding hydrogens is 505 g/mol. The van der Waals surface area contributed by atoms with E-state index in [4.69, 9.17) is 21.1 Å². The highest BCUT2D eigenvalue weighted by Crippen LogP contribution is 2.38. The molecule has 2 heterocycles. The van der Waals surface area contributed by atoms with Crippen molar-refractivity contribution in [3.05, 3.63) is 51.5 Å². The lowest BCUT2D eigenvalue weighted by atomic mass is 10.2. The smallest absolute Gasteiger partial charge is 0.417 e. The topological polar surface area (TPSA) is 76.1 Å². The van der Waals surface area contributed by atoms with Crippen LogP contribution in [-0.2, 0) is 6.18 Å². The largest absolute Gasteiger partial charge is 0.493 e. The molecule has 0 aliphatic carbocycles.